The molecule has 1 fully saturated rings. The van der Waals surface area contributed by atoms with Gasteiger partial charge in [0.25, 0.3) is 5.69 Å². The second kappa shape index (κ2) is 7.57. The van der Waals surface area contributed by atoms with E-state index in [1.54, 1.807) is 12.1 Å². The number of benzene rings is 1. The Labute approximate surface area is 146 Å². The topological polar surface area (TPSA) is 92.4 Å². The van der Waals surface area contributed by atoms with Crippen molar-refractivity contribution in [3.05, 3.63) is 46.1 Å². The van der Waals surface area contributed by atoms with Crippen molar-refractivity contribution in [2.45, 2.75) is 26.2 Å². The van der Waals surface area contributed by atoms with Gasteiger partial charge in [0.2, 0.25) is 0 Å². The summed E-state index contributed by atoms with van der Waals surface area (Å²) in [6.45, 7) is 3.93. The van der Waals surface area contributed by atoms with Crippen molar-refractivity contribution < 1.29 is 10.0 Å². The quantitative estimate of drug-likeness (QED) is 0.663. The smallest absolute Gasteiger partial charge is 0.269 e. The number of aromatic nitrogens is 2. The monoisotopic (exact) mass is 342 g/mol. The number of piperidine rings is 1. The Bertz CT molecular complexity index is 748. The van der Waals surface area contributed by atoms with E-state index in [0.717, 1.165) is 49.4 Å². The molecule has 132 valence electrons. The summed E-state index contributed by atoms with van der Waals surface area (Å²) >= 11 is 0. The van der Waals surface area contributed by atoms with E-state index in [2.05, 4.69) is 14.9 Å². The van der Waals surface area contributed by atoms with Crippen LogP contribution in [0.1, 0.15) is 25.5 Å². The Morgan fingerprint density at radius 1 is 1.32 bits per heavy atom. The van der Waals surface area contributed by atoms with Crippen LogP contribution in [0, 0.1) is 16.0 Å². The molecule has 1 N–H and O–H groups in total. The summed E-state index contributed by atoms with van der Waals surface area (Å²) in [7, 11) is 0. The predicted molar refractivity (Wildman–Crippen MR) is 95.5 cm³/mol. The lowest BCUT2D eigenvalue weighted by Crippen LogP contribution is -2.37. The highest BCUT2D eigenvalue weighted by atomic mass is 16.6. The lowest BCUT2D eigenvalue weighted by Gasteiger charge is -2.33. The summed E-state index contributed by atoms with van der Waals surface area (Å²) in [6, 6.07) is 8.31. The average Bonchev–Trinajstić information content (AvgIpc) is 2.67. The number of nitro groups is 1. The number of hydrogen-bond acceptors (Lipinski definition) is 6. The fourth-order valence-electron chi connectivity index (χ4n) is 3.11. The van der Waals surface area contributed by atoms with Crippen LogP contribution in [0.15, 0.2) is 30.3 Å². The van der Waals surface area contributed by atoms with Crippen molar-refractivity contribution >= 4 is 11.5 Å². The molecule has 0 aliphatic carbocycles. The van der Waals surface area contributed by atoms with Crippen LogP contribution in [0.5, 0.6) is 0 Å². The van der Waals surface area contributed by atoms with Crippen LogP contribution in [0.2, 0.25) is 0 Å². The zero-order valence-corrected chi connectivity index (χ0v) is 14.3. The zero-order chi connectivity index (χ0) is 17.8. The van der Waals surface area contributed by atoms with Crippen LogP contribution in [-0.2, 0) is 6.42 Å². The number of aliphatic hydroxyl groups excluding tert-OH is 1. The highest BCUT2D eigenvalue weighted by Gasteiger charge is 2.21. The number of nitro benzene ring substituents is 1. The fourth-order valence-corrected chi connectivity index (χ4v) is 3.11. The molecule has 1 aromatic carbocycles. The standard InChI is InChI=1S/C18H22N4O3/c1-2-15-10-17(21-9-3-4-13(11-21)12-23)20-18(19-15)14-5-7-16(8-6-14)22(24)25/h5-8,10,13,23H,2-4,9,11-12H2,1H3/t13-/m1/s1. The number of nitrogens with zero attached hydrogens (tertiary/aromatic N) is 4. The van der Waals surface area contributed by atoms with Crippen LogP contribution in [0.3, 0.4) is 0 Å². The minimum atomic E-state index is -0.415. The summed E-state index contributed by atoms with van der Waals surface area (Å²) in [5, 5.41) is 20.3. The maximum Gasteiger partial charge on any atom is 0.269 e. The largest absolute Gasteiger partial charge is 0.396 e. The van der Waals surface area contributed by atoms with Crippen LogP contribution in [-0.4, -0.2) is 39.7 Å². The van der Waals surface area contributed by atoms with E-state index in [4.69, 9.17) is 0 Å². The highest BCUT2D eigenvalue weighted by molar-refractivity contribution is 5.60. The van der Waals surface area contributed by atoms with Gasteiger partial charge in [0.05, 0.1) is 4.92 Å². The van der Waals surface area contributed by atoms with Gasteiger partial charge in [-0.15, -0.1) is 0 Å². The van der Waals surface area contributed by atoms with E-state index in [1.807, 2.05) is 13.0 Å². The van der Waals surface area contributed by atoms with Crippen LogP contribution >= 0.6 is 0 Å². The maximum atomic E-state index is 10.8. The Morgan fingerprint density at radius 2 is 2.08 bits per heavy atom. The molecule has 2 heterocycles. The van der Waals surface area contributed by atoms with Crippen LogP contribution in [0.25, 0.3) is 11.4 Å². The third-order valence-corrected chi connectivity index (χ3v) is 4.57. The molecule has 0 spiro atoms. The van der Waals surface area contributed by atoms with Gasteiger partial charge in [0.1, 0.15) is 5.82 Å². The molecule has 1 aromatic heterocycles. The first kappa shape index (κ1) is 17.3. The van der Waals surface area contributed by atoms with Crippen molar-refractivity contribution in [2.75, 3.05) is 24.6 Å². The van der Waals surface area contributed by atoms with Crippen LogP contribution in [0.4, 0.5) is 11.5 Å². The Morgan fingerprint density at radius 3 is 2.72 bits per heavy atom. The van der Waals surface area contributed by atoms with E-state index >= 15 is 0 Å². The third-order valence-electron chi connectivity index (χ3n) is 4.57. The van der Waals surface area contributed by atoms with Gasteiger partial charge in [-0.3, -0.25) is 10.1 Å². The summed E-state index contributed by atoms with van der Waals surface area (Å²) < 4.78 is 0. The number of rotatable bonds is 5. The Kier molecular flexibility index (Phi) is 5.23. The van der Waals surface area contributed by atoms with Crippen molar-refractivity contribution in [2.24, 2.45) is 5.92 Å². The first-order valence-corrected chi connectivity index (χ1v) is 8.59. The minimum absolute atomic E-state index is 0.0532. The van der Waals surface area contributed by atoms with Crippen molar-refractivity contribution in [3.8, 4) is 11.4 Å². The zero-order valence-electron chi connectivity index (χ0n) is 14.3. The molecule has 1 aliphatic rings. The number of aryl methyl sites for hydroxylation is 1. The molecule has 1 aliphatic heterocycles. The van der Waals surface area contributed by atoms with Gasteiger partial charge in [-0.25, -0.2) is 9.97 Å². The number of anilines is 1. The molecule has 25 heavy (non-hydrogen) atoms. The van der Waals surface area contributed by atoms with Gasteiger partial charge in [-0.2, -0.15) is 0 Å². The average molecular weight is 342 g/mol. The van der Waals surface area contributed by atoms with Crippen molar-refractivity contribution in [1.82, 2.24) is 9.97 Å². The van der Waals surface area contributed by atoms with Gasteiger partial charge < -0.3 is 10.0 Å². The van der Waals surface area contributed by atoms with Gasteiger partial charge in [0.15, 0.2) is 5.82 Å². The second-order valence-corrected chi connectivity index (χ2v) is 6.34. The molecule has 0 radical (unpaired) electrons. The lowest BCUT2D eigenvalue weighted by molar-refractivity contribution is -0.384. The molecule has 1 saturated heterocycles. The molecule has 3 rings (SSSR count). The van der Waals surface area contributed by atoms with E-state index in [9.17, 15) is 15.2 Å². The van der Waals surface area contributed by atoms with Gasteiger partial charge in [0, 0.05) is 49.2 Å². The number of hydrogen-bond donors (Lipinski definition) is 1. The van der Waals surface area contributed by atoms with Crippen molar-refractivity contribution in [1.29, 1.82) is 0 Å². The summed E-state index contributed by atoms with van der Waals surface area (Å²) in [5.41, 5.74) is 1.75. The predicted octanol–water partition coefficient (Wildman–Crippen LogP) is 2.82. The highest BCUT2D eigenvalue weighted by Crippen LogP contribution is 2.26. The van der Waals surface area contributed by atoms with E-state index in [1.165, 1.54) is 12.1 Å². The number of non-ortho nitro benzene ring substituents is 1. The first-order valence-electron chi connectivity index (χ1n) is 8.59. The fraction of sp³-hybridized carbons (Fsp3) is 0.444. The van der Waals surface area contributed by atoms with Gasteiger partial charge >= 0.3 is 0 Å². The Hall–Kier alpha value is -2.54. The van der Waals surface area contributed by atoms with E-state index in [-0.39, 0.29) is 18.2 Å². The molecule has 7 heteroatoms. The molecule has 2 aromatic rings. The number of aliphatic hydroxyl groups is 1. The SMILES string of the molecule is CCc1cc(N2CCC[C@@H](CO)C2)nc(-c2ccc([N+](=O)[O-])cc2)n1. The minimum Gasteiger partial charge on any atom is -0.396 e. The van der Waals surface area contributed by atoms with Crippen LogP contribution < -0.4 is 4.90 Å². The second-order valence-electron chi connectivity index (χ2n) is 6.34. The van der Waals surface area contributed by atoms with Gasteiger partial charge in [-0.05, 0) is 37.3 Å². The normalized spacial score (nSPS) is 17.5. The molecule has 7 nitrogen and oxygen atoms in total. The molecule has 0 saturated carbocycles. The molecule has 0 bridgehead atoms. The van der Waals surface area contributed by atoms with Crippen molar-refractivity contribution in [3.63, 3.8) is 0 Å². The summed E-state index contributed by atoms with van der Waals surface area (Å²) in [6.07, 6.45) is 2.85. The Balaban J connectivity index is 1.93. The van der Waals surface area contributed by atoms with E-state index < -0.39 is 4.92 Å². The van der Waals surface area contributed by atoms with E-state index in [0.29, 0.717) is 5.82 Å². The molecule has 1 atom stereocenters. The lowest BCUT2D eigenvalue weighted by atomic mass is 9.99. The molecular formula is C18H22N4O3. The maximum absolute atomic E-state index is 10.8. The molecular weight excluding hydrogens is 320 g/mol. The first-order chi connectivity index (χ1) is 12.1. The summed E-state index contributed by atoms with van der Waals surface area (Å²) in [4.78, 5) is 21.9. The van der Waals surface area contributed by atoms with Gasteiger partial charge in [-0.1, -0.05) is 6.92 Å². The molecule has 0 unspecified atom stereocenters. The third kappa shape index (κ3) is 3.93. The summed E-state index contributed by atoms with van der Waals surface area (Å²) in [5.74, 6) is 1.71. The molecule has 0 amide bonds.